The Labute approximate surface area is 201 Å². The molecule has 0 aromatic heterocycles. The van der Waals surface area contributed by atoms with Gasteiger partial charge in [0.2, 0.25) is 5.91 Å². The Balaban J connectivity index is 2.28. The Bertz CT molecular complexity index is 950. The second-order valence-corrected chi connectivity index (χ2v) is 9.86. The van der Waals surface area contributed by atoms with E-state index in [0.717, 1.165) is 16.7 Å². The quantitative estimate of drug-likeness (QED) is 0.528. The van der Waals surface area contributed by atoms with E-state index in [1.165, 1.54) is 0 Å². The third-order valence-electron chi connectivity index (χ3n) is 4.78. The van der Waals surface area contributed by atoms with E-state index < -0.39 is 11.6 Å². The minimum absolute atomic E-state index is 0.177. The number of aryl methyl sites for hydroxylation is 2. The summed E-state index contributed by atoms with van der Waals surface area (Å²) in [4.78, 5) is 27.8. The van der Waals surface area contributed by atoms with Gasteiger partial charge in [0.15, 0.2) is 6.61 Å². The zero-order valence-electron chi connectivity index (χ0n) is 19.6. The number of hydrogen-bond acceptors (Lipinski definition) is 3. The number of amides is 2. The van der Waals surface area contributed by atoms with Crippen LogP contribution in [-0.4, -0.2) is 34.9 Å². The number of nitrogens with zero attached hydrogens (tertiary/aromatic N) is 1. The number of benzene rings is 2. The second kappa shape index (κ2) is 11.1. The van der Waals surface area contributed by atoms with Crippen LogP contribution in [-0.2, 0) is 16.1 Å². The smallest absolute Gasteiger partial charge is 0.261 e. The number of carbonyl (C=O) groups is 2. The van der Waals surface area contributed by atoms with Crippen LogP contribution in [0.4, 0.5) is 0 Å². The normalized spacial score (nSPS) is 12.2. The van der Waals surface area contributed by atoms with Gasteiger partial charge in [0.05, 0.1) is 10.0 Å². The van der Waals surface area contributed by atoms with Crippen molar-refractivity contribution in [2.45, 2.75) is 66.1 Å². The molecule has 7 heteroatoms. The average molecular weight is 479 g/mol. The summed E-state index contributed by atoms with van der Waals surface area (Å²) in [6.45, 7) is 11.6. The van der Waals surface area contributed by atoms with Gasteiger partial charge in [0.1, 0.15) is 11.8 Å². The van der Waals surface area contributed by atoms with Crippen LogP contribution in [0, 0.1) is 13.8 Å². The molecular weight excluding hydrogens is 447 g/mol. The lowest BCUT2D eigenvalue weighted by molar-refractivity contribution is -0.143. The van der Waals surface area contributed by atoms with E-state index in [-0.39, 0.29) is 25.0 Å². The van der Waals surface area contributed by atoms with Crippen LogP contribution < -0.4 is 10.1 Å². The topological polar surface area (TPSA) is 58.6 Å². The Morgan fingerprint density at radius 3 is 2.19 bits per heavy atom. The molecule has 32 heavy (non-hydrogen) atoms. The van der Waals surface area contributed by atoms with Crippen molar-refractivity contribution in [2.75, 3.05) is 6.61 Å². The molecule has 0 heterocycles. The molecular formula is C25H32Cl2N2O3. The monoisotopic (exact) mass is 478 g/mol. The first-order valence-corrected chi connectivity index (χ1v) is 11.4. The molecule has 2 rings (SSSR count). The number of halogens is 2. The van der Waals surface area contributed by atoms with E-state index in [9.17, 15) is 9.59 Å². The summed E-state index contributed by atoms with van der Waals surface area (Å²) in [5.74, 6) is 0.128. The molecule has 2 amide bonds. The Kier molecular flexibility index (Phi) is 8.99. The first kappa shape index (κ1) is 26.0. The van der Waals surface area contributed by atoms with Crippen molar-refractivity contribution in [2.24, 2.45) is 0 Å². The maximum Gasteiger partial charge on any atom is 0.261 e. The van der Waals surface area contributed by atoms with Gasteiger partial charge in [-0.2, -0.15) is 0 Å². The molecule has 2 aromatic carbocycles. The van der Waals surface area contributed by atoms with Crippen LogP contribution in [0.5, 0.6) is 5.75 Å². The van der Waals surface area contributed by atoms with Crippen molar-refractivity contribution in [1.82, 2.24) is 10.2 Å². The predicted molar refractivity (Wildman–Crippen MR) is 130 cm³/mol. The molecule has 0 saturated carbocycles. The standard InChI is InChI=1S/C25H32Cl2N2O3/c1-7-22(24(31)28-25(4,5)6)29(14-18-8-9-20(26)21(27)13-18)23(30)15-32-19-11-16(2)10-17(3)12-19/h8-13,22H,7,14-15H2,1-6H3,(H,28,31). The van der Waals surface area contributed by atoms with E-state index in [1.807, 2.05) is 59.7 Å². The van der Waals surface area contributed by atoms with Crippen molar-refractivity contribution in [3.8, 4) is 5.75 Å². The molecule has 0 fully saturated rings. The minimum atomic E-state index is -0.654. The molecule has 2 aromatic rings. The van der Waals surface area contributed by atoms with Gasteiger partial charge in [-0.25, -0.2) is 0 Å². The zero-order valence-corrected chi connectivity index (χ0v) is 21.1. The Morgan fingerprint density at radius 2 is 1.66 bits per heavy atom. The molecule has 0 radical (unpaired) electrons. The van der Waals surface area contributed by atoms with Gasteiger partial charge < -0.3 is 15.0 Å². The van der Waals surface area contributed by atoms with Crippen molar-refractivity contribution in [3.63, 3.8) is 0 Å². The summed E-state index contributed by atoms with van der Waals surface area (Å²) in [6.07, 6.45) is 0.457. The van der Waals surface area contributed by atoms with E-state index in [1.54, 1.807) is 23.1 Å². The number of ether oxygens (including phenoxy) is 1. The fourth-order valence-electron chi connectivity index (χ4n) is 3.45. The van der Waals surface area contributed by atoms with Gasteiger partial charge in [-0.3, -0.25) is 9.59 Å². The van der Waals surface area contributed by atoms with Crippen LogP contribution in [0.3, 0.4) is 0 Å². The third kappa shape index (κ3) is 7.72. The lowest BCUT2D eigenvalue weighted by atomic mass is 10.1. The van der Waals surface area contributed by atoms with Crippen molar-refractivity contribution < 1.29 is 14.3 Å². The van der Waals surface area contributed by atoms with Crippen molar-refractivity contribution in [1.29, 1.82) is 0 Å². The average Bonchev–Trinajstić information content (AvgIpc) is 2.66. The zero-order chi connectivity index (χ0) is 24.1. The van der Waals surface area contributed by atoms with Crippen molar-refractivity contribution in [3.05, 3.63) is 63.1 Å². The molecule has 0 bridgehead atoms. The van der Waals surface area contributed by atoms with Gasteiger partial charge in [-0.1, -0.05) is 42.3 Å². The van der Waals surface area contributed by atoms with E-state index in [4.69, 9.17) is 27.9 Å². The maximum atomic E-state index is 13.3. The highest BCUT2D eigenvalue weighted by Gasteiger charge is 2.31. The van der Waals surface area contributed by atoms with Crippen LogP contribution in [0.2, 0.25) is 10.0 Å². The first-order chi connectivity index (χ1) is 14.9. The summed E-state index contributed by atoms with van der Waals surface area (Å²) >= 11 is 12.2. The first-order valence-electron chi connectivity index (χ1n) is 10.7. The van der Waals surface area contributed by atoms with Crippen molar-refractivity contribution >= 4 is 35.0 Å². The van der Waals surface area contributed by atoms with E-state index in [2.05, 4.69) is 5.32 Å². The van der Waals surface area contributed by atoms with Crippen LogP contribution in [0.15, 0.2) is 36.4 Å². The maximum absolute atomic E-state index is 13.3. The Hall–Kier alpha value is -2.24. The highest BCUT2D eigenvalue weighted by molar-refractivity contribution is 6.42. The molecule has 5 nitrogen and oxygen atoms in total. The van der Waals surface area contributed by atoms with Gasteiger partial charge in [-0.05, 0) is 82.0 Å². The highest BCUT2D eigenvalue weighted by Crippen LogP contribution is 2.24. The van der Waals surface area contributed by atoms with Crippen LogP contribution in [0.1, 0.15) is 50.8 Å². The molecule has 0 spiro atoms. The van der Waals surface area contributed by atoms with Crippen LogP contribution in [0.25, 0.3) is 0 Å². The molecule has 174 valence electrons. The molecule has 0 aliphatic heterocycles. The number of rotatable bonds is 8. The minimum Gasteiger partial charge on any atom is -0.484 e. The number of nitrogens with one attached hydrogen (secondary N) is 1. The summed E-state index contributed by atoms with van der Waals surface area (Å²) in [6, 6.07) is 10.3. The highest BCUT2D eigenvalue weighted by atomic mass is 35.5. The summed E-state index contributed by atoms with van der Waals surface area (Å²) in [5.41, 5.74) is 2.46. The van der Waals surface area contributed by atoms with Gasteiger partial charge >= 0.3 is 0 Å². The summed E-state index contributed by atoms with van der Waals surface area (Å²) < 4.78 is 5.80. The summed E-state index contributed by atoms with van der Waals surface area (Å²) in [7, 11) is 0. The number of hydrogen-bond donors (Lipinski definition) is 1. The van der Waals surface area contributed by atoms with Gasteiger partial charge in [0, 0.05) is 12.1 Å². The van der Waals surface area contributed by atoms with E-state index >= 15 is 0 Å². The molecule has 1 N–H and O–H groups in total. The lowest BCUT2D eigenvalue weighted by Gasteiger charge is -2.33. The lowest BCUT2D eigenvalue weighted by Crippen LogP contribution is -2.54. The van der Waals surface area contributed by atoms with E-state index in [0.29, 0.717) is 22.2 Å². The predicted octanol–water partition coefficient (Wildman–Crippen LogP) is 5.71. The third-order valence-corrected chi connectivity index (χ3v) is 5.52. The molecule has 0 aliphatic carbocycles. The second-order valence-electron chi connectivity index (χ2n) is 9.05. The molecule has 0 aliphatic rings. The summed E-state index contributed by atoms with van der Waals surface area (Å²) in [5, 5.41) is 3.81. The SMILES string of the molecule is CCC(C(=O)NC(C)(C)C)N(Cc1ccc(Cl)c(Cl)c1)C(=O)COc1cc(C)cc(C)c1. The largest absolute Gasteiger partial charge is 0.484 e. The van der Waals surface area contributed by atoms with Gasteiger partial charge in [-0.15, -0.1) is 0 Å². The fourth-order valence-corrected chi connectivity index (χ4v) is 3.77. The Morgan fingerprint density at radius 1 is 1.03 bits per heavy atom. The molecule has 1 atom stereocenters. The van der Waals surface area contributed by atoms with Crippen LogP contribution >= 0.6 is 23.2 Å². The van der Waals surface area contributed by atoms with Gasteiger partial charge in [0.25, 0.3) is 5.91 Å². The number of carbonyl (C=O) groups excluding carboxylic acids is 2. The fraction of sp³-hybridized carbons (Fsp3) is 0.440. The molecule has 0 saturated heterocycles. The molecule has 1 unspecified atom stereocenters.